The van der Waals surface area contributed by atoms with Crippen LogP contribution in [0.15, 0.2) is 77.9 Å². The molecule has 0 bridgehead atoms. The van der Waals surface area contributed by atoms with E-state index >= 15 is 0 Å². The van der Waals surface area contributed by atoms with Crippen molar-refractivity contribution >= 4 is 11.7 Å². The molecule has 3 aromatic rings. The molecule has 0 saturated heterocycles. The molecule has 0 fully saturated rings. The zero-order valence-corrected chi connectivity index (χ0v) is 20.8. The Labute approximate surface area is 205 Å². The van der Waals surface area contributed by atoms with Gasteiger partial charge in [0, 0.05) is 29.4 Å². The summed E-state index contributed by atoms with van der Waals surface area (Å²) in [6.45, 7) is 16.4. The molecule has 1 aromatic carbocycles. The second kappa shape index (κ2) is 14.2. The Morgan fingerprint density at radius 1 is 1.14 bits per heavy atom. The van der Waals surface area contributed by atoms with Crippen LogP contribution in [0.5, 0.6) is 0 Å². The number of nitrogen functional groups attached to an aromatic ring is 1. The van der Waals surface area contributed by atoms with Crippen LogP contribution in [0.1, 0.15) is 43.8 Å². The summed E-state index contributed by atoms with van der Waals surface area (Å²) in [6, 6.07) is 5.88. The number of allylic oxidation sites excluding steroid dienone is 2. The number of carbonyl (C=O) groups excluding carboxylic acids is 1. The Kier molecular flexibility index (Phi) is 11.8. The van der Waals surface area contributed by atoms with E-state index in [2.05, 4.69) is 28.6 Å². The minimum absolute atomic E-state index is 0.0243. The van der Waals surface area contributed by atoms with E-state index in [1.54, 1.807) is 31.5 Å². The number of halogens is 2. The molecular formula is C27H32F2N4O2. The Hall–Kier alpha value is -4.07. The molecule has 186 valence electrons. The maximum Gasteiger partial charge on any atom is 0.254 e. The van der Waals surface area contributed by atoms with Crippen molar-refractivity contribution in [3.8, 4) is 22.3 Å². The molecule has 3 rings (SSSR count). The Balaban J connectivity index is 0.00000145. The average molecular weight is 483 g/mol. The summed E-state index contributed by atoms with van der Waals surface area (Å²) in [6.07, 6.45) is 5.65. The largest absolute Gasteiger partial charge is 0.383 e. The molecule has 8 heteroatoms. The van der Waals surface area contributed by atoms with E-state index in [0.717, 1.165) is 11.6 Å². The van der Waals surface area contributed by atoms with Gasteiger partial charge < -0.3 is 15.6 Å². The molecule has 0 unspecified atom stereocenters. The maximum atomic E-state index is 14.7. The third-order valence-electron chi connectivity index (χ3n) is 4.56. The second-order valence-corrected chi connectivity index (χ2v) is 6.70. The van der Waals surface area contributed by atoms with Crippen LogP contribution in [0.4, 0.5) is 14.6 Å². The van der Waals surface area contributed by atoms with Crippen molar-refractivity contribution in [2.24, 2.45) is 0 Å². The third-order valence-corrected chi connectivity index (χ3v) is 4.56. The number of benzene rings is 1. The molecule has 6 nitrogen and oxygen atoms in total. The quantitative estimate of drug-likeness (QED) is 0.361. The van der Waals surface area contributed by atoms with Crippen LogP contribution in [0, 0.1) is 12.7 Å². The van der Waals surface area contributed by atoms with Crippen LogP contribution >= 0.6 is 0 Å². The van der Waals surface area contributed by atoms with E-state index < -0.39 is 17.6 Å². The lowest BCUT2D eigenvalue weighted by atomic mass is 10.00. The first-order chi connectivity index (χ1) is 16.8. The predicted octanol–water partition coefficient (Wildman–Crippen LogP) is 6.81. The van der Waals surface area contributed by atoms with Gasteiger partial charge in [-0.1, -0.05) is 58.2 Å². The van der Waals surface area contributed by atoms with Gasteiger partial charge >= 0.3 is 0 Å². The lowest BCUT2D eigenvalue weighted by Crippen LogP contribution is -2.26. The van der Waals surface area contributed by atoms with E-state index in [0.29, 0.717) is 28.0 Å². The highest BCUT2D eigenvalue weighted by molar-refractivity contribution is 5.95. The number of carbonyl (C=O) groups is 1. The van der Waals surface area contributed by atoms with Gasteiger partial charge in [-0.2, -0.15) is 0 Å². The average Bonchev–Trinajstić information content (AvgIpc) is 3.29. The van der Waals surface area contributed by atoms with Crippen molar-refractivity contribution in [1.29, 1.82) is 0 Å². The highest BCUT2D eigenvalue weighted by Gasteiger charge is 2.16. The molecule has 1 amide bonds. The lowest BCUT2D eigenvalue weighted by molar-refractivity contribution is 0.0953. The Morgan fingerprint density at radius 2 is 1.83 bits per heavy atom. The number of aromatic nitrogens is 2. The van der Waals surface area contributed by atoms with E-state index in [-0.39, 0.29) is 17.9 Å². The summed E-state index contributed by atoms with van der Waals surface area (Å²) in [5.74, 6) is -1.24. The minimum atomic E-state index is -0.736. The van der Waals surface area contributed by atoms with Crippen LogP contribution in [0.3, 0.4) is 0 Å². The normalized spacial score (nSPS) is 10.3. The van der Waals surface area contributed by atoms with Gasteiger partial charge in [-0.05, 0) is 42.3 Å². The van der Waals surface area contributed by atoms with Crippen LogP contribution in [0.2, 0.25) is 0 Å². The number of nitrogens with zero attached hydrogens (tertiary/aromatic N) is 2. The topological polar surface area (TPSA) is 94.0 Å². The SMILES string of the molecule is C=C/C(=C\C(=C)F)CNC(=O)c1ccc(-c2cc(-c3cnoc3C)cnc2N)cc1F.CC.CC. The summed E-state index contributed by atoms with van der Waals surface area (Å²) in [5, 5.41) is 6.27. The summed E-state index contributed by atoms with van der Waals surface area (Å²) in [7, 11) is 0. The molecule has 0 atom stereocenters. The number of anilines is 1. The highest BCUT2D eigenvalue weighted by atomic mass is 19.1. The summed E-state index contributed by atoms with van der Waals surface area (Å²) >= 11 is 0. The van der Waals surface area contributed by atoms with Crippen molar-refractivity contribution in [3.05, 3.63) is 90.5 Å². The lowest BCUT2D eigenvalue weighted by Gasteiger charge is -2.10. The summed E-state index contributed by atoms with van der Waals surface area (Å²) in [4.78, 5) is 16.5. The van der Waals surface area contributed by atoms with Crippen molar-refractivity contribution in [1.82, 2.24) is 15.5 Å². The standard InChI is InChI=1S/C23H20F2N4O2.2C2H6/c1-4-15(7-13(2)24)10-28-23(30)18-6-5-16(9-21(18)25)19-8-17(11-27-22(19)26)20-12-29-31-14(20)3;2*1-2/h4-9,11-12H,1-2,10H2,3H3,(H2,26,27)(H,28,30);2*1-2H3/b15-7+;;. The summed E-state index contributed by atoms with van der Waals surface area (Å²) in [5.41, 5.74) is 8.64. The molecule has 0 aliphatic rings. The van der Waals surface area contributed by atoms with Gasteiger partial charge in [0.05, 0.1) is 11.8 Å². The number of nitrogens with one attached hydrogen (secondary N) is 1. The minimum Gasteiger partial charge on any atom is -0.383 e. The van der Waals surface area contributed by atoms with E-state index in [9.17, 15) is 13.6 Å². The van der Waals surface area contributed by atoms with Gasteiger partial charge in [0.15, 0.2) is 0 Å². The summed E-state index contributed by atoms with van der Waals surface area (Å²) < 4.78 is 32.7. The molecule has 0 radical (unpaired) electrons. The molecule has 3 N–H and O–H groups in total. The number of pyridine rings is 1. The van der Waals surface area contributed by atoms with Crippen molar-refractivity contribution in [2.75, 3.05) is 12.3 Å². The first-order valence-electron chi connectivity index (χ1n) is 11.2. The molecule has 0 aliphatic carbocycles. The monoisotopic (exact) mass is 482 g/mol. The van der Waals surface area contributed by atoms with E-state index in [1.165, 1.54) is 18.2 Å². The first kappa shape index (κ1) is 29.0. The van der Waals surface area contributed by atoms with Gasteiger partial charge in [-0.3, -0.25) is 4.79 Å². The number of aryl methyl sites for hydroxylation is 1. The Morgan fingerprint density at radius 3 is 2.37 bits per heavy atom. The third kappa shape index (κ3) is 7.74. The van der Waals surface area contributed by atoms with Gasteiger partial charge in [0.1, 0.15) is 23.2 Å². The van der Waals surface area contributed by atoms with Crippen molar-refractivity contribution < 1.29 is 18.1 Å². The zero-order valence-electron chi connectivity index (χ0n) is 20.8. The number of nitrogens with two attached hydrogens (primary N) is 1. The fourth-order valence-corrected chi connectivity index (χ4v) is 2.96. The van der Waals surface area contributed by atoms with Gasteiger partial charge in [0.2, 0.25) is 0 Å². The molecule has 2 aromatic heterocycles. The fraction of sp³-hybridized carbons (Fsp3) is 0.222. The van der Waals surface area contributed by atoms with Gasteiger partial charge in [-0.25, -0.2) is 13.8 Å². The van der Waals surface area contributed by atoms with Gasteiger partial charge in [0.25, 0.3) is 5.91 Å². The molecular weight excluding hydrogens is 450 g/mol. The molecule has 0 saturated carbocycles. The molecule has 0 aliphatic heterocycles. The number of hydrogen-bond acceptors (Lipinski definition) is 5. The van der Waals surface area contributed by atoms with Crippen LogP contribution in [-0.4, -0.2) is 22.6 Å². The van der Waals surface area contributed by atoms with Crippen molar-refractivity contribution in [3.63, 3.8) is 0 Å². The van der Waals surface area contributed by atoms with Gasteiger partial charge in [-0.15, -0.1) is 0 Å². The second-order valence-electron chi connectivity index (χ2n) is 6.70. The first-order valence-corrected chi connectivity index (χ1v) is 11.2. The van der Waals surface area contributed by atoms with E-state index in [4.69, 9.17) is 10.3 Å². The number of hydrogen-bond donors (Lipinski definition) is 2. The molecule has 0 spiro atoms. The molecule has 35 heavy (non-hydrogen) atoms. The van der Waals surface area contributed by atoms with Crippen LogP contribution < -0.4 is 11.1 Å². The van der Waals surface area contributed by atoms with E-state index in [1.807, 2.05) is 27.7 Å². The maximum absolute atomic E-state index is 14.7. The predicted molar refractivity (Wildman–Crippen MR) is 138 cm³/mol. The number of amides is 1. The van der Waals surface area contributed by atoms with Crippen molar-refractivity contribution in [2.45, 2.75) is 34.6 Å². The fourth-order valence-electron chi connectivity index (χ4n) is 2.96. The molecule has 2 heterocycles. The number of rotatable bonds is 7. The zero-order chi connectivity index (χ0) is 26.5. The van der Waals surface area contributed by atoms with Crippen LogP contribution in [0.25, 0.3) is 22.3 Å². The van der Waals surface area contributed by atoms with Crippen LogP contribution in [-0.2, 0) is 0 Å². The smallest absolute Gasteiger partial charge is 0.254 e. The Bertz CT molecular complexity index is 1200. The highest BCUT2D eigenvalue weighted by Crippen LogP contribution is 2.31.